The summed E-state index contributed by atoms with van der Waals surface area (Å²) >= 11 is 0. The van der Waals surface area contributed by atoms with Crippen molar-refractivity contribution in [1.82, 2.24) is 14.9 Å². The molecule has 1 aliphatic heterocycles. The molecular weight excluding hydrogens is 287 g/mol. The van der Waals surface area contributed by atoms with E-state index in [0.717, 1.165) is 12.4 Å². The molecule has 0 spiro atoms. The Balaban J connectivity index is 1.91. The Kier molecular flexibility index (Phi) is 3.81. The van der Waals surface area contributed by atoms with Crippen LogP contribution in [0.25, 0.3) is 0 Å². The van der Waals surface area contributed by atoms with E-state index in [9.17, 15) is 18.0 Å². The highest BCUT2D eigenvalue weighted by molar-refractivity contribution is 5.69. The van der Waals surface area contributed by atoms with Gasteiger partial charge < -0.3 is 9.64 Å². The van der Waals surface area contributed by atoms with Gasteiger partial charge in [0.15, 0.2) is 0 Å². The van der Waals surface area contributed by atoms with E-state index in [4.69, 9.17) is 4.74 Å². The molecule has 0 aliphatic carbocycles. The smallest absolute Gasteiger partial charge is 0.419 e. The molecule has 1 aliphatic rings. The number of amides is 1. The van der Waals surface area contributed by atoms with Gasteiger partial charge in [-0.05, 0) is 20.8 Å². The van der Waals surface area contributed by atoms with Crippen molar-refractivity contribution in [3.63, 3.8) is 0 Å². The summed E-state index contributed by atoms with van der Waals surface area (Å²) in [6.07, 6.45) is -3.36. The monoisotopic (exact) mass is 303 g/mol. The second-order valence-electron chi connectivity index (χ2n) is 5.91. The van der Waals surface area contributed by atoms with Gasteiger partial charge in [-0.3, -0.25) is 0 Å². The summed E-state index contributed by atoms with van der Waals surface area (Å²) in [7, 11) is 0. The molecule has 0 radical (unpaired) electrons. The highest BCUT2D eigenvalue weighted by Crippen LogP contribution is 2.30. The molecule has 0 aromatic carbocycles. The van der Waals surface area contributed by atoms with E-state index in [-0.39, 0.29) is 5.92 Å². The molecule has 0 bridgehead atoms. The molecule has 1 saturated heterocycles. The SMILES string of the molecule is CC(C)(C)OC(=O)N1CC(c2ncc(C(F)(F)F)cn2)C1. The zero-order valence-electron chi connectivity index (χ0n) is 11.9. The van der Waals surface area contributed by atoms with Gasteiger partial charge in [0.25, 0.3) is 0 Å². The minimum atomic E-state index is -4.44. The second-order valence-corrected chi connectivity index (χ2v) is 5.91. The van der Waals surface area contributed by atoms with E-state index < -0.39 is 23.4 Å². The van der Waals surface area contributed by atoms with Crippen LogP contribution in [0.3, 0.4) is 0 Å². The molecular formula is C13H16F3N3O2. The molecule has 0 unspecified atom stereocenters. The zero-order chi connectivity index (χ0) is 15.8. The van der Waals surface area contributed by atoms with E-state index in [0.29, 0.717) is 18.9 Å². The van der Waals surface area contributed by atoms with Gasteiger partial charge in [-0.15, -0.1) is 0 Å². The lowest BCUT2D eigenvalue weighted by molar-refractivity contribution is -0.138. The van der Waals surface area contributed by atoms with Crippen LogP contribution in [0.2, 0.25) is 0 Å². The number of aromatic nitrogens is 2. The first-order chi connectivity index (χ1) is 9.56. The van der Waals surface area contributed by atoms with Crippen molar-refractivity contribution in [3.8, 4) is 0 Å². The number of nitrogens with zero attached hydrogens (tertiary/aromatic N) is 3. The van der Waals surface area contributed by atoms with Crippen molar-refractivity contribution >= 4 is 6.09 Å². The summed E-state index contributed by atoms with van der Waals surface area (Å²) < 4.78 is 42.4. The van der Waals surface area contributed by atoms with Crippen molar-refractivity contribution in [1.29, 1.82) is 0 Å². The Morgan fingerprint density at radius 1 is 1.24 bits per heavy atom. The molecule has 2 heterocycles. The number of hydrogen-bond donors (Lipinski definition) is 0. The fourth-order valence-corrected chi connectivity index (χ4v) is 1.81. The third-order valence-corrected chi connectivity index (χ3v) is 2.90. The van der Waals surface area contributed by atoms with E-state index in [1.807, 2.05) is 0 Å². The predicted molar refractivity (Wildman–Crippen MR) is 67.6 cm³/mol. The van der Waals surface area contributed by atoms with Crippen LogP contribution in [-0.4, -0.2) is 39.7 Å². The molecule has 2 rings (SSSR count). The summed E-state index contributed by atoms with van der Waals surface area (Å²) in [6, 6.07) is 0. The largest absolute Gasteiger partial charge is 0.444 e. The first-order valence-electron chi connectivity index (χ1n) is 6.43. The molecule has 0 N–H and O–H groups in total. The molecule has 1 aromatic rings. The molecule has 1 aromatic heterocycles. The molecule has 116 valence electrons. The lowest BCUT2D eigenvalue weighted by atomic mass is 10.00. The summed E-state index contributed by atoms with van der Waals surface area (Å²) in [5, 5.41) is 0. The minimum absolute atomic E-state index is 0.153. The Hall–Kier alpha value is -1.86. The van der Waals surface area contributed by atoms with Gasteiger partial charge in [0.05, 0.1) is 11.5 Å². The number of carbonyl (C=O) groups is 1. The van der Waals surface area contributed by atoms with Crippen molar-refractivity contribution in [2.24, 2.45) is 0 Å². The number of carbonyl (C=O) groups excluding carboxylic acids is 1. The van der Waals surface area contributed by atoms with Crippen LogP contribution in [0.4, 0.5) is 18.0 Å². The average Bonchev–Trinajstić information content (AvgIpc) is 2.23. The van der Waals surface area contributed by atoms with Crippen LogP contribution >= 0.6 is 0 Å². The standard InChI is InChI=1S/C13H16F3N3O2/c1-12(2,3)21-11(20)19-6-8(7-19)10-17-4-9(5-18-10)13(14,15)16/h4-5,8H,6-7H2,1-3H3. The maximum atomic E-state index is 12.4. The van der Waals surface area contributed by atoms with Crippen molar-refractivity contribution in [3.05, 3.63) is 23.8 Å². The van der Waals surface area contributed by atoms with Crippen molar-refractivity contribution < 1.29 is 22.7 Å². The number of alkyl halides is 3. The summed E-state index contributed by atoms with van der Waals surface area (Å²) in [5.74, 6) is 0.155. The molecule has 8 heteroatoms. The van der Waals surface area contributed by atoms with Gasteiger partial charge in [0.2, 0.25) is 0 Å². The number of rotatable bonds is 1. The topological polar surface area (TPSA) is 55.3 Å². The first kappa shape index (κ1) is 15.5. The van der Waals surface area contributed by atoms with Crippen LogP contribution in [0.5, 0.6) is 0 Å². The third kappa shape index (κ3) is 3.83. The third-order valence-electron chi connectivity index (χ3n) is 2.90. The van der Waals surface area contributed by atoms with Gasteiger partial charge >= 0.3 is 12.3 Å². The van der Waals surface area contributed by atoms with Crippen LogP contribution in [0, 0.1) is 0 Å². The van der Waals surface area contributed by atoms with Crippen LogP contribution in [0.15, 0.2) is 12.4 Å². The summed E-state index contributed by atoms with van der Waals surface area (Å²) in [6.45, 7) is 5.99. The van der Waals surface area contributed by atoms with Crippen LogP contribution < -0.4 is 0 Å². The lowest BCUT2D eigenvalue weighted by Crippen LogP contribution is -2.50. The fourth-order valence-electron chi connectivity index (χ4n) is 1.81. The second kappa shape index (κ2) is 5.16. The van der Waals surface area contributed by atoms with E-state index in [1.165, 1.54) is 4.90 Å². The van der Waals surface area contributed by atoms with Gasteiger partial charge in [0.1, 0.15) is 11.4 Å². The Bertz CT molecular complexity index is 517. The normalized spacial score (nSPS) is 16.6. The van der Waals surface area contributed by atoms with E-state index in [2.05, 4.69) is 9.97 Å². The number of ether oxygens (including phenoxy) is 1. The Morgan fingerprint density at radius 2 is 1.76 bits per heavy atom. The van der Waals surface area contributed by atoms with Gasteiger partial charge in [-0.1, -0.05) is 0 Å². The quantitative estimate of drug-likeness (QED) is 0.800. The van der Waals surface area contributed by atoms with E-state index in [1.54, 1.807) is 20.8 Å². The zero-order valence-corrected chi connectivity index (χ0v) is 11.9. The summed E-state index contributed by atoms with van der Waals surface area (Å²) in [4.78, 5) is 20.6. The number of hydrogen-bond acceptors (Lipinski definition) is 4. The summed E-state index contributed by atoms with van der Waals surface area (Å²) in [5.41, 5.74) is -1.46. The highest BCUT2D eigenvalue weighted by atomic mass is 19.4. The Morgan fingerprint density at radius 3 is 2.19 bits per heavy atom. The number of likely N-dealkylation sites (tertiary alicyclic amines) is 1. The first-order valence-corrected chi connectivity index (χ1v) is 6.43. The van der Waals surface area contributed by atoms with E-state index >= 15 is 0 Å². The minimum Gasteiger partial charge on any atom is -0.444 e. The molecule has 1 amide bonds. The molecule has 1 fully saturated rings. The molecule has 5 nitrogen and oxygen atoms in total. The van der Waals surface area contributed by atoms with Crippen LogP contribution in [0.1, 0.15) is 38.1 Å². The van der Waals surface area contributed by atoms with Gasteiger partial charge in [-0.25, -0.2) is 14.8 Å². The van der Waals surface area contributed by atoms with Crippen molar-refractivity contribution in [2.75, 3.05) is 13.1 Å². The lowest BCUT2D eigenvalue weighted by Gasteiger charge is -2.38. The predicted octanol–water partition coefficient (Wildman–Crippen LogP) is 2.83. The molecule has 0 saturated carbocycles. The number of halogens is 3. The fraction of sp³-hybridized carbons (Fsp3) is 0.615. The molecule has 21 heavy (non-hydrogen) atoms. The maximum absolute atomic E-state index is 12.4. The average molecular weight is 303 g/mol. The Labute approximate surface area is 120 Å². The molecule has 0 atom stereocenters. The highest BCUT2D eigenvalue weighted by Gasteiger charge is 2.37. The van der Waals surface area contributed by atoms with Gasteiger partial charge in [0, 0.05) is 25.5 Å². The van der Waals surface area contributed by atoms with Crippen molar-refractivity contribution in [2.45, 2.75) is 38.5 Å². The van der Waals surface area contributed by atoms with Crippen LogP contribution in [-0.2, 0) is 10.9 Å². The maximum Gasteiger partial charge on any atom is 0.419 e. The van der Waals surface area contributed by atoms with Gasteiger partial charge in [-0.2, -0.15) is 13.2 Å².